The van der Waals surface area contributed by atoms with E-state index in [0.29, 0.717) is 6.54 Å². The Balaban J connectivity index is 1.28. The van der Waals surface area contributed by atoms with Crippen molar-refractivity contribution in [3.8, 4) is 0 Å². The van der Waals surface area contributed by atoms with Crippen molar-refractivity contribution in [2.24, 2.45) is 0 Å². The van der Waals surface area contributed by atoms with Crippen molar-refractivity contribution in [3.63, 3.8) is 0 Å². The van der Waals surface area contributed by atoms with Crippen molar-refractivity contribution in [3.05, 3.63) is 69.8 Å². The van der Waals surface area contributed by atoms with Crippen LogP contribution in [0.5, 0.6) is 0 Å². The number of benzene rings is 2. The molecule has 1 aliphatic heterocycles. The highest BCUT2D eigenvalue weighted by molar-refractivity contribution is 5.77. The number of quaternary nitrogens is 1. The van der Waals surface area contributed by atoms with E-state index in [1.54, 1.807) is 24.3 Å². The molecule has 2 aliphatic rings. The molecule has 0 radical (unpaired) electrons. The van der Waals surface area contributed by atoms with Gasteiger partial charge in [0, 0.05) is 17.8 Å². The van der Waals surface area contributed by atoms with Gasteiger partial charge in [0.05, 0.1) is 37.1 Å². The molecule has 0 bridgehead atoms. The summed E-state index contributed by atoms with van der Waals surface area (Å²) in [5.74, 6) is 0.116. The van der Waals surface area contributed by atoms with Gasteiger partial charge >= 0.3 is 0 Å². The second-order valence-electron chi connectivity index (χ2n) is 7.90. The summed E-state index contributed by atoms with van der Waals surface area (Å²) >= 11 is 0. The Morgan fingerprint density at radius 3 is 2.59 bits per heavy atom. The van der Waals surface area contributed by atoms with E-state index >= 15 is 0 Å². The Bertz CT molecular complexity index is 876. The third-order valence-electron chi connectivity index (χ3n) is 6.01. The lowest BCUT2D eigenvalue weighted by Crippen LogP contribution is -3.16. The molecule has 2 N–H and O–H groups in total. The molecule has 7 heteroatoms. The third kappa shape index (κ3) is 4.56. The van der Waals surface area contributed by atoms with Gasteiger partial charge in [-0.1, -0.05) is 24.3 Å². The first kappa shape index (κ1) is 19.4. The molecule has 2 aromatic carbocycles. The second-order valence-corrected chi connectivity index (χ2v) is 7.90. The van der Waals surface area contributed by atoms with Gasteiger partial charge in [0.1, 0.15) is 0 Å². The molecule has 29 heavy (non-hydrogen) atoms. The number of carbonyl (C=O) groups excluding carboxylic acids is 1. The number of anilines is 1. The molecule has 1 amide bonds. The van der Waals surface area contributed by atoms with Gasteiger partial charge < -0.3 is 15.1 Å². The van der Waals surface area contributed by atoms with Crippen molar-refractivity contribution >= 4 is 17.3 Å². The number of carbonyl (C=O) groups is 1. The van der Waals surface area contributed by atoms with Gasteiger partial charge in [0.2, 0.25) is 0 Å². The molecule has 0 spiro atoms. The van der Waals surface area contributed by atoms with Gasteiger partial charge in [-0.25, -0.2) is 0 Å². The molecule has 0 unspecified atom stereocenters. The average molecular weight is 395 g/mol. The molecule has 1 atom stereocenters. The van der Waals surface area contributed by atoms with E-state index in [2.05, 4.69) is 28.4 Å². The quantitative estimate of drug-likeness (QED) is 0.594. The smallest absolute Gasteiger partial charge is 0.275 e. The molecule has 0 saturated carbocycles. The summed E-state index contributed by atoms with van der Waals surface area (Å²) in [6, 6.07) is 15.2. The monoisotopic (exact) mass is 395 g/mol. The maximum absolute atomic E-state index is 12.6. The molecule has 1 fully saturated rings. The number of rotatable bonds is 5. The van der Waals surface area contributed by atoms with E-state index in [1.165, 1.54) is 16.0 Å². The Hall–Kier alpha value is -2.93. The summed E-state index contributed by atoms with van der Waals surface area (Å²) in [4.78, 5) is 26.6. The van der Waals surface area contributed by atoms with E-state index in [-0.39, 0.29) is 22.6 Å². The van der Waals surface area contributed by atoms with E-state index in [4.69, 9.17) is 0 Å². The minimum absolute atomic E-state index is 0.110. The largest absolute Gasteiger partial charge is 0.360 e. The number of piperazine rings is 1. The lowest BCUT2D eigenvalue weighted by Gasteiger charge is -2.34. The lowest BCUT2D eigenvalue weighted by atomic mass is 9.88. The first-order chi connectivity index (χ1) is 14.1. The van der Waals surface area contributed by atoms with E-state index in [9.17, 15) is 14.9 Å². The Morgan fingerprint density at radius 1 is 1.14 bits per heavy atom. The minimum atomic E-state index is -0.380. The summed E-state index contributed by atoms with van der Waals surface area (Å²) in [6.07, 6.45) is 3.22. The van der Waals surface area contributed by atoms with Crippen LogP contribution in [0.25, 0.3) is 0 Å². The summed E-state index contributed by atoms with van der Waals surface area (Å²) in [5.41, 5.74) is 3.73. The van der Waals surface area contributed by atoms with Crippen LogP contribution in [-0.2, 0) is 11.2 Å². The average Bonchev–Trinajstić information content (AvgIpc) is 2.74. The molecule has 1 saturated heterocycles. The number of nitrogens with zero attached hydrogens (tertiary/aromatic N) is 2. The molecule has 4 rings (SSSR count). The predicted octanol–water partition coefficient (Wildman–Crippen LogP) is 1.49. The van der Waals surface area contributed by atoms with Crippen LogP contribution in [0, 0.1) is 10.1 Å². The number of nitro benzene ring substituents is 1. The Kier molecular flexibility index (Phi) is 5.76. The van der Waals surface area contributed by atoms with Crippen molar-refractivity contribution in [1.29, 1.82) is 0 Å². The van der Waals surface area contributed by atoms with Crippen LogP contribution >= 0.6 is 0 Å². The fourth-order valence-electron chi connectivity index (χ4n) is 4.42. The molecule has 1 heterocycles. The first-order valence-electron chi connectivity index (χ1n) is 10.3. The summed E-state index contributed by atoms with van der Waals surface area (Å²) in [5, 5.41) is 14.0. The van der Waals surface area contributed by atoms with Crippen molar-refractivity contribution < 1.29 is 14.6 Å². The second kappa shape index (κ2) is 8.61. The molecule has 2 aromatic rings. The van der Waals surface area contributed by atoms with Crippen LogP contribution in [0.4, 0.5) is 11.4 Å². The zero-order valence-corrected chi connectivity index (χ0v) is 16.5. The highest BCUT2D eigenvalue weighted by Gasteiger charge is 2.26. The van der Waals surface area contributed by atoms with Crippen LogP contribution < -0.4 is 15.1 Å². The summed E-state index contributed by atoms with van der Waals surface area (Å²) in [6.45, 7) is 3.93. The van der Waals surface area contributed by atoms with Crippen LogP contribution in [0.15, 0.2) is 48.5 Å². The number of nitrogens with one attached hydrogen (secondary N) is 2. The number of fused-ring (bicyclic) bond motifs is 1. The zero-order chi connectivity index (χ0) is 20.2. The van der Waals surface area contributed by atoms with Crippen LogP contribution in [0.3, 0.4) is 0 Å². The third-order valence-corrected chi connectivity index (χ3v) is 6.01. The Morgan fingerprint density at radius 2 is 1.86 bits per heavy atom. The summed E-state index contributed by atoms with van der Waals surface area (Å²) < 4.78 is 0. The lowest BCUT2D eigenvalue weighted by molar-refractivity contribution is -0.892. The van der Waals surface area contributed by atoms with Gasteiger partial charge in [0.25, 0.3) is 11.6 Å². The van der Waals surface area contributed by atoms with E-state index in [1.807, 2.05) is 6.07 Å². The number of hydrogen-bond acceptors (Lipinski definition) is 4. The van der Waals surface area contributed by atoms with Crippen LogP contribution in [0.2, 0.25) is 0 Å². The van der Waals surface area contributed by atoms with Crippen molar-refractivity contribution in [2.75, 3.05) is 37.6 Å². The maximum Gasteiger partial charge on any atom is 0.275 e. The number of hydrogen-bond donors (Lipinski definition) is 2. The standard InChI is InChI=1S/C22H26N4O3/c27-22(23-21-7-3-5-17-4-1-2-6-20(17)21)16-24-12-14-25(15-13-24)18-8-10-19(11-9-18)26(28)29/h1-2,4,6,8-11,21H,3,5,7,12-16H2,(H,23,27)/p+1/t21-/m1/s1. The van der Waals surface area contributed by atoms with Gasteiger partial charge in [0.15, 0.2) is 6.54 Å². The number of nitro groups is 1. The fourth-order valence-corrected chi connectivity index (χ4v) is 4.42. The summed E-state index contributed by atoms with van der Waals surface area (Å²) in [7, 11) is 0. The highest BCUT2D eigenvalue weighted by atomic mass is 16.6. The SMILES string of the molecule is O=C(C[NH+]1CCN(c2ccc([N+](=O)[O-])cc2)CC1)N[C@@H]1CCCc2ccccc21. The topological polar surface area (TPSA) is 79.9 Å². The maximum atomic E-state index is 12.6. The van der Waals surface area contributed by atoms with Crippen molar-refractivity contribution in [1.82, 2.24) is 5.32 Å². The highest BCUT2D eigenvalue weighted by Crippen LogP contribution is 2.29. The van der Waals surface area contributed by atoms with Crippen LogP contribution in [-0.4, -0.2) is 43.6 Å². The molecular formula is C22H27N4O3+. The number of non-ortho nitro benzene ring substituents is 1. The predicted molar refractivity (Wildman–Crippen MR) is 111 cm³/mol. The molecule has 7 nitrogen and oxygen atoms in total. The number of aryl methyl sites for hydroxylation is 1. The van der Waals surface area contributed by atoms with E-state index in [0.717, 1.165) is 51.1 Å². The molecule has 0 aromatic heterocycles. The normalized spacial score (nSPS) is 19.4. The fraction of sp³-hybridized carbons (Fsp3) is 0.409. The molecule has 152 valence electrons. The van der Waals surface area contributed by atoms with Gasteiger partial charge in [-0.15, -0.1) is 0 Å². The first-order valence-corrected chi connectivity index (χ1v) is 10.3. The van der Waals surface area contributed by atoms with Crippen molar-refractivity contribution in [2.45, 2.75) is 25.3 Å². The van der Waals surface area contributed by atoms with Gasteiger partial charge in [-0.3, -0.25) is 14.9 Å². The van der Waals surface area contributed by atoms with Crippen LogP contribution in [0.1, 0.15) is 30.0 Å². The molecular weight excluding hydrogens is 368 g/mol. The number of amides is 1. The van der Waals surface area contributed by atoms with E-state index < -0.39 is 0 Å². The van der Waals surface area contributed by atoms with Gasteiger partial charge in [-0.2, -0.15) is 0 Å². The minimum Gasteiger partial charge on any atom is -0.360 e. The van der Waals surface area contributed by atoms with Gasteiger partial charge in [-0.05, 0) is 42.5 Å². The Labute approximate surface area is 170 Å². The molecule has 1 aliphatic carbocycles. The zero-order valence-electron chi connectivity index (χ0n) is 16.5.